The molecular formula is C17H10Cl2N2O5S2. The Morgan fingerprint density at radius 3 is 2.64 bits per heavy atom. The van der Waals surface area contributed by atoms with E-state index in [0.717, 1.165) is 17.8 Å². The van der Waals surface area contributed by atoms with Crippen molar-refractivity contribution in [1.29, 1.82) is 0 Å². The van der Waals surface area contributed by atoms with E-state index in [2.05, 4.69) is 0 Å². The predicted octanol–water partition coefficient (Wildman–Crippen LogP) is 5.02. The van der Waals surface area contributed by atoms with Gasteiger partial charge in [-0.3, -0.25) is 19.8 Å². The zero-order chi connectivity index (χ0) is 20.6. The third kappa shape index (κ3) is 3.79. The smallest absolute Gasteiger partial charge is 0.315 e. The monoisotopic (exact) mass is 456 g/mol. The molecule has 1 fully saturated rings. The number of hydrogen-bond acceptors (Lipinski definition) is 7. The Kier molecular flexibility index (Phi) is 5.80. The number of rotatable bonds is 4. The van der Waals surface area contributed by atoms with Crippen molar-refractivity contribution in [2.24, 2.45) is 0 Å². The normalized spacial score (nSPS) is 15.4. The van der Waals surface area contributed by atoms with Gasteiger partial charge in [0.25, 0.3) is 5.91 Å². The van der Waals surface area contributed by atoms with Crippen LogP contribution in [0.2, 0.25) is 10.0 Å². The molecule has 1 aliphatic rings. The number of carbonyl (C=O) groups is 1. The van der Waals surface area contributed by atoms with E-state index in [9.17, 15) is 20.0 Å². The van der Waals surface area contributed by atoms with Crippen molar-refractivity contribution in [1.82, 2.24) is 0 Å². The van der Waals surface area contributed by atoms with Gasteiger partial charge in [0.1, 0.15) is 0 Å². The lowest BCUT2D eigenvalue weighted by molar-refractivity contribution is -0.386. The van der Waals surface area contributed by atoms with Crippen LogP contribution in [0.4, 0.5) is 11.4 Å². The molecule has 1 heterocycles. The van der Waals surface area contributed by atoms with Crippen molar-refractivity contribution in [3.63, 3.8) is 0 Å². The van der Waals surface area contributed by atoms with Gasteiger partial charge in [0, 0.05) is 11.1 Å². The van der Waals surface area contributed by atoms with E-state index < -0.39 is 22.3 Å². The van der Waals surface area contributed by atoms with Gasteiger partial charge in [0.15, 0.2) is 10.1 Å². The van der Waals surface area contributed by atoms with Gasteiger partial charge in [-0.2, -0.15) is 0 Å². The molecule has 28 heavy (non-hydrogen) atoms. The SMILES string of the molecule is COc1cc(/C=C2\SC(=S)N(c3ccc(Cl)cc3Cl)C2=O)cc([N+](=O)[O-])c1O. The van der Waals surface area contributed by atoms with Crippen LogP contribution in [0.25, 0.3) is 6.08 Å². The first-order valence-electron chi connectivity index (χ1n) is 7.51. The molecular weight excluding hydrogens is 447 g/mol. The van der Waals surface area contributed by atoms with Crippen LogP contribution in [0.5, 0.6) is 11.5 Å². The van der Waals surface area contributed by atoms with Gasteiger partial charge in [-0.15, -0.1) is 0 Å². The number of nitrogens with zero attached hydrogens (tertiary/aromatic N) is 2. The Bertz CT molecular complexity index is 1060. The van der Waals surface area contributed by atoms with Crippen molar-refractivity contribution in [3.05, 3.63) is 61.0 Å². The molecule has 2 aromatic rings. The molecule has 11 heteroatoms. The second-order valence-corrected chi connectivity index (χ2v) is 7.98. The van der Waals surface area contributed by atoms with E-state index in [-0.39, 0.29) is 20.0 Å². The minimum Gasteiger partial charge on any atom is -0.500 e. The Balaban J connectivity index is 2.03. The number of aromatic hydroxyl groups is 1. The van der Waals surface area contributed by atoms with Crippen molar-refractivity contribution >= 4 is 74.9 Å². The molecule has 7 nitrogen and oxygen atoms in total. The quantitative estimate of drug-likeness (QED) is 0.298. The number of hydrogen-bond donors (Lipinski definition) is 1. The number of anilines is 1. The average Bonchev–Trinajstić information content (AvgIpc) is 2.90. The summed E-state index contributed by atoms with van der Waals surface area (Å²) in [5.74, 6) is -1.12. The maximum absolute atomic E-state index is 12.8. The number of amides is 1. The summed E-state index contributed by atoms with van der Waals surface area (Å²) in [6.45, 7) is 0. The molecule has 1 aliphatic heterocycles. The molecule has 0 saturated carbocycles. The number of halogens is 2. The van der Waals surface area contributed by atoms with E-state index in [1.54, 1.807) is 12.1 Å². The van der Waals surface area contributed by atoms with Crippen LogP contribution in [0.15, 0.2) is 35.2 Å². The van der Waals surface area contributed by atoms with E-state index in [1.807, 2.05) is 0 Å². The van der Waals surface area contributed by atoms with Gasteiger partial charge in [-0.1, -0.05) is 47.2 Å². The second kappa shape index (κ2) is 7.96. The highest BCUT2D eigenvalue weighted by Gasteiger charge is 2.34. The Morgan fingerprint density at radius 2 is 2.04 bits per heavy atom. The molecule has 2 aromatic carbocycles. The molecule has 1 saturated heterocycles. The largest absolute Gasteiger partial charge is 0.500 e. The van der Waals surface area contributed by atoms with Crippen LogP contribution in [0.1, 0.15) is 5.56 Å². The van der Waals surface area contributed by atoms with Crippen LogP contribution < -0.4 is 9.64 Å². The Labute approximate surface area is 178 Å². The lowest BCUT2D eigenvalue weighted by Crippen LogP contribution is -2.27. The molecule has 0 atom stereocenters. The number of nitro groups is 1. The number of thioether (sulfide) groups is 1. The van der Waals surface area contributed by atoms with Gasteiger partial charge in [-0.05, 0) is 35.9 Å². The van der Waals surface area contributed by atoms with Crippen LogP contribution in [-0.2, 0) is 4.79 Å². The highest BCUT2D eigenvalue weighted by Crippen LogP contribution is 2.41. The van der Waals surface area contributed by atoms with Crippen molar-refractivity contribution in [2.75, 3.05) is 12.0 Å². The number of ether oxygens (including phenoxy) is 1. The van der Waals surface area contributed by atoms with Crippen LogP contribution >= 0.6 is 47.2 Å². The van der Waals surface area contributed by atoms with Crippen molar-refractivity contribution in [3.8, 4) is 11.5 Å². The number of thiocarbonyl (C=S) groups is 1. The maximum Gasteiger partial charge on any atom is 0.315 e. The zero-order valence-electron chi connectivity index (χ0n) is 14.0. The molecule has 0 spiro atoms. The Morgan fingerprint density at radius 1 is 1.32 bits per heavy atom. The first kappa shape index (κ1) is 20.4. The minimum atomic E-state index is -0.742. The molecule has 1 N–H and O–H groups in total. The fraction of sp³-hybridized carbons (Fsp3) is 0.0588. The predicted molar refractivity (Wildman–Crippen MR) is 113 cm³/mol. The number of methoxy groups -OCH3 is 1. The van der Waals surface area contributed by atoms with Gasteiger partial charge < -0.3 is 9.84 Å². The summed E-state index contributed by atoms with van der Waals surface area (Å²) in [5.41, 5.74) is 0.136. The maximum atomic E-state index is 12.8. The highest BCUT2D eigenvalue weighted by molar-refractivity contribution is 8.27. The molecule has 3 rings (SSSR count). The van der Waals surface area contributed by atoms with Crippen LogP contribution in [0, 0.1) is 10.1 Å². The summed E-state index contributed by atoms with van der Waals surface area (Å²) < 4.78 is 5.22. The van der Waals surface area contributed by atoms with Crippen molar-refractivity contribution < 1.29 is 19.6 Å². The summed E-state index contributed by atoms with van der Waals surface area (Å²) >= 11 is 18.4. The molecule has 144 valence electrons. The summed E-state index contributed by atoms with van der Waals surface area (Å²) in [5, 5.41) is 21.7. The third-order valence-corrected chi connectivity index (χ3v) is 5.58. The number of benzene rings is 2. The van der Waals surface area contributed by atoms with Crippen LogP contribution in [0.3, 0.4) is 0 Å². The number of phenols is 1. The lowest BCUT2D eigenvalue weighted by Gasteiger charge is -2.16. The summed E-state index contributed by atoms with van der Waals surface area (Å²) in [6.07, 6.45) is 1.43. The molecule has 0 aliphatic carbocycles. The number of carbonyl (C=O) groups excluding carboxylic acids is 1. The fourth-order valence-electron chi connectivity index (χ4n) is 2.48. The molecule has 1 amide bonds. The van der Waals surface area contributed by atoms with Gasteiger partial charge in [0.05, 0.1) is 27.6 Å². The fourth-order valence-corrected chi connectivity index (χ4v) is 4.26. The molecule has 0 unspecified atom stereocenters. The van der Waals surface area contributed by atoms with Gasteiger partial charge in [-0.25, -0.2) is 0 Å². The summed E-state index contributed by atoms with van der Waals surface area (Å²) in [6, 6.07) is 7.17. The van der Waals surface area contributed by atoms with Crippen LogP contribution in [-0.4, -0.2) is 27.4 Å². The van der Waals surface area contributed by atoms with Gasteiger partial charge >= 0.3 is 5.69 Å². The van der Waals surface area contributed by atoms with E-state index >= 15 is 0 Å². The second-order valence-electron chi connectivity index (χ2n) is 5.46. The van der Waals surface area contributed by atoms with E-state index in [4.69, 9.17) is 40.2 Å². The zero-order valence-corrected chi connectivity index (χ0v) is 17.2. The summed E-state index contributed by atoms with van der Waals surface area (Å²) in [4.78, 5) is 24.7. The molecule has 0 radical (unpaired) electrons. The van der Waals surface area contributed by atoms with Gasteiger partial charge in [0.2, 0.25) is 5.75 Å². The lowest BCUT2D eigenvalue weighted by atomic mass is 10.1. The summed E-state index contributed by atoms with van der Waals surface area (Å²) in [7, 11) is 1.27. The van der Waals surface area contributed by atoms with E-state index in [0.29, 0.717) is 16.3 Å². The molecule has 0 aromatic heterocycles. The van der Waals surface area contributed by atoms with Crippen molar-refractivity contribution in [2.45, 2.75) is 0 Å². The van der Waals surface area contributed by atoms with E-state index in [1.165, 1.54) is 30.2 Å². The minimum absolute atomic E-state index is 0.0864. The number of nitro benzene ring substituents is 1. The first-order chi connectivity index (χ1) is 13.2. The highest BCUT2D eigenvalue weighted by atomic mass is 35.5. The Hall–Kier alpha value is -2.33. The first-order valence-corrected chi connectivity index (χ1v) is 9.49. The standard InChI is InChI=1S/C17H10Cl2N2O5S2/c1-26-13-5-8(4-12(15(13)22)21(24)25)6-14-16(23)20(17(27)28-14)11-3-2-9(18)7-10(11)19/h2-7,22H,1H3/b14-6-. The number of phenolic OH excluding ortho intramolecular Hbond substituents is 1. The third-order valence-electron chi connectivity index (χ3n) is 3.74. The average molecular weight is 457 g/mol. The topological polar surface area (TPSA) is 92.9 Å². The molecule has 0 bridgehead atoms.